The van der Waals surface area contributed by atoms with Crippen molar-refractivity contribution < 1.29 is 9.72 Å². The summed E-state index contributed by atoms with van der Waals surface area (Å²) in [5.41, 5.74) is 1.14. The zero-order valence-electron chi connectivity index (χ0n) is 12.2. The molecule has 114 valence electrons. The van der Waals surface area contributed by atoms with Crippen molar-refractivity contribution in [1.82, 2.24) is 10.2 Å². The van der Waals surface area contributed by atoms with Crippen LogP contribution in [-0.2, 0) is 4.79 Å². The predicted octanol–water partition coefficient (Wildman–Crippen LogP) is 2.26. The summed E-state index contributed by atoms with van der Waals surface area (Å²) >= 11 is 0. The van der Waals surface area contributed by atoms with E-state index < -0.39 is 4.92 Å². The Bertz CT molecular complexity index is 501. The molecule has 0 spiro atoms. The van der Waals surface area contributed by atoms with Gasteiger partial charge in [0.25, 0.3) is 5.69 Å². The molecule has 0 bridgehead atoms. The second kappa shape index (κ2) is 7.17. The second-order valence-corrected chi connectivity index (χ2v) is 5.36. The van der Waals surface area contributed by atoms with Crippen LogP contribution in [0.25, 0.3) is 0 Å². The molecule has 21 heavy (non-hydrogen) atoms. The molecule has 0 radical (unpaired) electrons. The van der Waals surface area contributed by atoms with Gasteiger partial charge in [-0.3, -0.25) is 14.9 Å². The Balaban J connectivity index is 1.72. The third-order valence-electron chi connectivity index (χ3n) is 3.83. The van der Waals surface area contributed by atoms with Crippen molar-refractivity contribution in [2.24, 2.45) is 0 Å². The molecule has 1 fully saturated rings. The first-order valence-electron chi connectivity index (χ1n) is 7.33. The summed E-state index contributed by atoms with van der Waals surface area (Å²) in [6.45, 7) is 4.54. The number of nitrogens with one attached hydrogen (secondary N) is 1. The lowest BCUT2D eigenvalue weighted by Crippen LogP contribution is -2.29. The van der Waals surface area contributed by atoms with Crippen LogP contribution < -0.4 is 5.32 Å². The summed E-state index contributed by atoms with van der Waals surface area (Å²) in [5.74, 6) is 0.262. The van der Waals surface area contributed by atoms with Crippen molar-refractivity contribution >= 4 is 11.6 Å². The number of nitro groups is 1. The van der Waals surface area contributed by atoms with Gasteiger partial charge < -0.3 is 10.2 Å². The van der Waals surface area contributed by atoms with Crippen LogP contribution in [0.1, 0.15) is 37.8 Å². The lowest BCUT2D eigenvalue weighted by Gasteiger charge is -2.17. The van der Waals surface area contributed by atoms with Crippen LogP contribution in [0.4, 0.5) is 5.69 Å². The first kappa shape index (κ1) is 15.4. The standard InChI is InChI=1S/C15H21N3O3/c1-12(13-5-7-14(8-6-13)18(20)21)16-9-3-11-17-10-2-4-15(17)19/h5-8,12,16H,2-4,9-11H2,1H3/t12-/m0/s1. The Hall–Kier alpha value is -1.95. The molecule has 0 aliphatic carbocycles. The maximum atomic E-state index is 11.5. The summed E-state index contributed by atoms with van der Waals surface area (Å²) in [4.78, 5) is 23.6. The molecule has 1 aromatic carbocycles. The van der Waals surface area contributed by atoms with Gasteiger partial charge in [-0.1, -0.05) is 12.1 Å². The third-order valence-corrected chi connectivity index (χ3v) is 3.83. The van der Waals surface area contributed by atoms with E-state index in [1.165, 1.54) is 12.1 Å². The van der Waals surface area contributed by atoms with E-state index in [2.05, 4.69) is 5.32 Å². The Kier molecular flexibility index (Phi) is 5.27. The van der Waals surface area contributed by atoms with Crippen molar-refractivity contribution in [2.75, 3.05) is 19.6 Å². The van der Waals surface area contributed by atoms with Crippen LogP contribution in [0.3, 0.4) is 0 Å². The Labute approximate surface area is 124 Å². The third kappa shape index (κ3) is 4.26. The van der Waals surface area contributed by atoms with Crippen LogP contribution in [0.15, 0.2) is 24.3 Å². The van der Waals surface area contributed by atoms with Gasteiger partial charge in [0.05, 0.1) is 4.92 Å². The first-order valence-corrected chi connectivity index (χ1v) is 7.33. The molecule has 1 heterocycles. The van der Waals surface area contributed by atoms with Gasteiger partial charge in [-0.15, -0.1) is 0 Å². The second-order valence-electron chi connectivity index (χ2n) is 5.36. The summed E-state index contributed by atoms with van der Waals surface area (Å²) < 4.78 is 0. The fraction of sp³-hybridized carbons (Fsp3) is 0.533. The van der Waals surface area contributed by atoms with E-state index in [4.69, 9.17) is 0 Å². The van der Waals surface area contributed by atoms with Gasteiger partial charge in [-0.05, 0) is 31.9 Å². The fourth-order valence-electron chi connectivity index (χ4n) is 2.53. The van der Waals surface area contributed by atoms with Crippen LogP contribution in [0, 0.1) is 10.1 Å². The maximum Gasteiger partial charge on any atom is 0.269 e. The van der Waals surface area contributed by atoms with Gasteiger partial charge in [0.15, 0.2) is 0 Å². The number of hydrogen-bond donors (Lipinski definition) is 1. The smallest absolute Gasteiger partial charge is 0.269 e. The van der Waals surface area contributed by atoms with Gasteiger partial charge in [0.2, 0.25) is 5.91 Å². The number of carbonyl (C=O) groups is 1. The number of nitrogens with zero attached hydrogens (tertiary/aromatic N) is 2. The number of nitro benzene ring substituents is 1. The molecule has 2 rings (SSSR count). The maximum absolute atomic E-state index is 11.5. The van der Waals surface area contributed by atoms with Gasteiger partial charge >= 0.3 is 0 Å². The highest BCUT2D eigenvalue weighted by Gasteiger charge is 2.19. The molecule has 0 aromatic heterocycles. The van der Waals surface area contributed by atoms with Gasteiger partial charge in [0, 0.05) is 37.7 Å². The molecule has 1 aliphatic heterocycles. The van der Waals surface area contributed by atoms with Gasteiger partial charge in [0.1, 0.15) is 0 Å². The molecule has 1 amide bonds. The Morgan fingerprint density at radius 1 is 1.38 bits per heavy atom. The highest BCUT2D eigenvalue weighted by molar-refractivity contribution is 5.77. The van der Waals surface area contributed by atoms with Crippen molar-refractivity contribution in [3.8, 4) is 0 Å². The predicted molar refractivity (Wildman–Crippen MR) is 79.9 cm³/mol. The summed E-state index contributed by atoms with van der Waals surface area (Å²) in [5, 5.41) is 14.0. The monoisotopic (exact) mass is 291 g/mol. The average molecular weight is 291 g/mol. The first-order chi connectivity index (χ1) is 10.1. The number of likely N-dealkylation sites (tertiary alicyclic amines) is 1. The van der Waals surface area contributed by atoms with E-state index in [9.17, 15) is 14.9 Å². The molecule has 1 N–H and O–H groups in total. The van der Waals surface area contributed by atoms with Crippen LogP contribution in [0.2, 0.25) is 0 Å². The molecule has 1 saturated heterocycles. The van der Waals surface area contributed by atoms with Crippen molar-refractivity contribution in [3.63, 3.8) is 0 Å². The van der Waals surface area contributed by atoms with Crippen molar-refractivity contribution in [3.05, 3.63) is 39.9 Å². The Morgan fingerprint density at radius 3 is 2.67 bits per heavy atom. The minimum atomic E-state index is -0.394. The van der Waals surface area contributed by atoms with Gasteiger partial charge in [-0.2, -0.15) is 0 Å². The van der Waals surface area contributed by atoms with Crippen LogP contribution >= 0.6 is 0 Å². The number of benzene rings is 1. The quantitative estimate of drug-likeness (QED) is 0.475. The zero-order valence-corrected chi connectivity index (χ0v) is 12.2. The number of non-ortho nitro benzene ring substituents is 1. The Morgan fingerprint density at radius 2 is 2.10 bits per heavy atom. The van der Waals surface area contributed by atoms with E-state index in [0.29, 0.717) is 6.42 Å². The van der Waals surface area contributed by atoms with Crippen LogP contribution in [0.5, 0.6) is 0 Å². The lowest BCUT2D eigenvalue weighted by atomic mass is 10.1. The van der Waals surface area contributed by atoms with Crippen molar-refractivity contribution in [2.45, 2.75) is 32.2 Å². The average Bonchev–Trinajstić information content (AvgIpc) is 2.89. The van der Waals surface area contributed by atoms with E-state index >= 15 is 0 Å². The number of rotatable bonds is 7. The highest BCUT2D eigenvalue weighted by atomic mass is 16.6. The minimum Gasteiger partial charge on any atom is -0.343 e. The zero-order chi connectivity index (χ0) is 15.2. The molecule has 0 saturated carbocycles. The summed E-state index contributed by atoms with van der Waals surface area (Å²) in [6.07, 6.45) is 2.58. The topological polar surface area (TPSA) is 75.5 Å². The SMILES string of the molecule is C[C@H](NCCCN1CCCC1=O)c1ccc([N+](=O)[O-])cc1. The molecule has 6 nitrogen and oxygen atoms in total. The number of hydrogen-bond acceptors (Lipinski definition) is 4. The minimum absolute atomic E-state index is 0.110. The molecular weight excluding hydrogens is 270 g/mol. The summed E-state index contributed by atoms with van der Waals surface area (Å²) in [7, 11) is 0. The van der Waals surface area contributed by atoms with Crippen LogP contribution in [-0.4, -0.2) is 35.4 Å². The van der Waals surface area contributed by atoms with E-state index in [-0.39, 0.29) is 17.6 Å². The molecule has 6 heteroatoms. The normalized spacial score (nSPS) is 16.2. The number of carbonyl (C=O) groups excluding carboxylic acids is 1. The summed E-state index contributed by atoms with van der Waals surface area (Å²) in [6, 6.07) is 6.74. The van der Waals surface area contributed by atoms with E-state index in [0.717, 1.165) is 38.0 Å². The fourth-order valence-corrected chi connectivity index (χ4v) is 2.53. The molecule has 1 atom stereocenters. The number of amides is 1. The van der Waals surface area contributed by atoms with Crippen molar-refractivity contribution in [1.29, 1.82) is 0 Å². The van der Waals surface area contributed by atoms with E-state index in [1.807, 2.05) is 11.8 Å². The van der Waals surface area contributed by atoms with Gasteiger partial charge in [-0.25, -0.2) is 0 Å². The lowest BCUT2D eigenvalue weighted by molar-refractivity contribution is -0.384. The van der Waals surface area contributed by atoms with E-state index in [1.54, 1.807) is 12.1 Å². The molecular formula is C15H21N3O3. The molecule has 1 aliphatic rings. The molecule has 1 aromatic rings. The highest BCUT2D eigenvalue weighted by Crippen LogP contribution is 2.17. The molecule has 0 unspecified atom stereocenters. The largest absolute Gasteiger partial charge is 0.343 e.